The average molecular weight is 390 g/mol. The largest absolute Gasteiger partial charge is 0.461 e. The zero-order valence-corrected chi connectivity index (χ0v) is 16.0. The number of nitrogens with one attached hydrogen (secondary N) is 1. The van der Waals surface area contributed by atoms with Crippen LogP contribution in [-0.2, 0) is 4.74 Å². The molecular formula is C21H18N4O2S. The van der Waals surface area contributed by atoms with Gasteiger partial charge >= 0.3 is 5.97 Å². The highest BCUT2D eigenvalue weighted by molar-refractivity contribution is 8.00. The van der Waals surface area contributed by atoms with Crippen LogP contribution in [0.2, 0.25) is 0 Å². The van der Waals surface area contributed by atoms with E-state index in [0.717, 1.165) is 21.7 Å². The van der Waals surface area contributed by atoms with E-state index in [-0.39, 0.29) is 5.97 Å². The van der Waals surface area contributed by atoms with E-state index in [4.69, 9.17) is 4.74 Å². The third kappa shape index (κ3) is 3.84. The minimum atomic E-state index is -0.389. The molecule has 28 heavy (non-hydrogen) atoms. The Bertz CT molecular complexity index is 1110. The fourth-order valence-corrected chi connectivity index (χ4v) is 3.41. The summed E-state index contributed by atoms with van der Waals surface area (Å²) >= 11 is 1.53. The maximum Gasteiger partial charge on any atom is 0.356 e. The van der Waals surface area contributed by atoms with Crippen molar-refractivity contribution in [3.63, 3.8) is 0 Å². The van der Waals surface area contributed by atoms with Gasteiger partial charge in [-0.3, -0.25) is 9.38 Å². The molecule has 0 saturated heterocycles. The molecule has 7 heteroatoms. The Hall–Kier alpha value is -3.32. The maximum absolute atomic E-state index is 12.1. The van der Waals surface area contributed by atoms with Gasteiger partial charge in [-0.05, 0) is 49.2 Å². The SMILES string of the molecule is CCOC(=O)c1cnc2ccc(-c3cncc(NSc4ccccc4)c3)cn12. The van der Waals surface area contributed by atoms with Gasteiger partial charge in [0, 0.05) is 28.4 Å². The number of carbonyl (C=O) groups excluding carboxylic acids is 1. The first-order chi connectivity index (χ1) is 13.7. The van der Waals surface area contributed by atoms with E-state index in [1.807, 2.05) is 54.7 Å². The molecule has 0 atom stereocenters. The Labute approximate surface area is 166 Å². The molecule has 0 aliphatic heterocycles. The molecule has 0 radical (unpaired) electrons. The number of hydrogen-bond acceptors (Lipinski definition) is 6. The standard InChI is InChI=1S/C21H18N4O2S/c1-2-27-21(26)19-13-23-20-9-8-15(14-25(19)20)16-10-17(12-22-11-16)24-28-18-6-4-3-5-7-18/h3-14,24H,2H2,1H3. The normalized spacial score (nSPS) is 10.8. The molecule has 0 fully saturated rings. The molecule has 1 aromatic carbocycles. The lowest BCUT2D eigenvalue weighted by molar-refractivity contribution is 0.0518. The fraction of sp³-hybridized carbons (Fsp3) is 0.0952. The average Bonchev–Trinajstić information content (AvgIpc) is 3.17. The molecule has 1 N–H and O–H groups in total. The summed E-state index contributed by atoms with van der Waals surface area (Å²) in [5, 5.41) is 0. The highest BCUT2D eigenvalue weighted by Crippen LogP contribution is 2.26. The smallest absolute Gasteiger partial charge is 0.356 e. The van der Waals surface area contributed by atoms with E-state index in [9.17, 15) is 4.79 Å². The van der Waals surface area contributed by atoms with Gasteiger partial charge in [0.1, 0.15) is 5.65 Å². The molecule has 4 aromatic rings. The number of nitrogens with zero attached hydrogens (tertiary/aromatic N) is 3. The van der Waals surface area contributed by atoms with E-state index in [1.165, 1.54) is 18.1 Å². The zero-order valence-electron chi connectivity index (χ0n) is 15.2. The summed E-state index contributed by atoms with van der Waals surface area (Å²) in [4.78, 5) is 21.9. The molecular weight excluding hydrogens is 372 g/mol. The number of ether oxygens (including phenoxy) is 1. The Kier molecular flexibility index (Phi) is 5.25. The topological polar surface area (TPSA) is 68.5 Å². The number of aromatic nitrogens is 3. The first kappa shape index (κ1) is 18.1. The van der Waals surface area contributed by atoms with Crippen molar-refractivity contribution in [2.24, 2.45) is 0 Å². The van der Waals surface area contributed by atoms with Crippen LogP contribution in [0.1, 0.15) is 17.4 Å². The van der Waals surface area contributed by atoms with Gasteiger partial charge in [-0.25, -0.2) is 9.78 Å². The first-order valence-electron chi connectivity index (χ1n) is 8.82. The molecule has 4 rings (SSSR count). The van der Waals surface area contributed by atoms with Crippen molar-refractivity contribution < 1.29 is 9.53 Å². The molecule has 6 nitrogen and oxygen atoms in total. The van der Waals surface area contributed by atoms with Crippen LogP contribution in [0.4, 0.5) is 5.69 Å². The van der Waals surface area contributed by atoms with Gasteiger partial charge in [-0.2, -0.15) is 0 Å². The summed E-state index contributed by atoms with van der Waals surface area (Å²) in [6.45, 7) is 2.10. The molecule has 3 aromatic heterocycles. The first-order valence-corrected chi connectivity index (χ1v) is 9.64. The van der Waals surface area contributed by atoms with Crippen LogP contribution in [0.5, 0.6) is 0 Å². The second kappa shape index (κ2) is 8.14. The zero-order chi connectivity index (χ0) is 19.3. The summed E-state index contributed by atoms with van der Waals surface area (Å²) < 4.78 is 10.2. The minimum absolute atomic E-state index is 0.322. The summed E-state index contributed by atoms with van der Waals surface area (Å²) in [7, 11) is 0. The van der Waals surface area contributed by atoms with Crippen molar-refractivity contribution in [3.05, 3.63) is 79.0 Å². The second-order valence-corrected chi connectivity index (χ2v) is 6.87. The number of pyridine rings is 2. The number of fused-ring (bicyclic) bond motifs is 1. The predicted octanol–water partition coefficient (Wildman–Crippen LogP) is 4.69. The molecule has 0 spiro atoms. The molecule has 140 valence electrons. The maximum atomic E-state index is 12.1. The second-order valence-electron chi connectivity index (χ2n) is 5.99. The van der Waals surface area contributed by atoms with Gasteiger partial charge in [0.25, 0.3) is 0 Å². The van der Waals surface area contributed by atoms with Crippen molar-refractivity contribution in [1.29, 1.82) is 0 Å². The third-order valence-electron chi connectivity index (χ3n) is 4.09. The minimum Gasteiger partial charge on any atom is -0.461 e. The van der Waals surface area contributed by atoms with E-state index < -0.39 is 0 Å². The van der Waals surface area contributed by atoms with Gasteiger partial charge in [0.05, 0.1) is 24.7 Å². The van der Waals surface area contributed by atoms with Crippen LogP contribution < -0.4 is 4.72 Å². The number of rotatable bonds is 6. The van der Waals surface area contributed by atoms with Gasteiger partial charge in [0.2, 0.25) is 0 Å². The summed E-state index contributed by atoms with van der Waals surface area (Å²) in [6, 6.07) is 15.9. The number of benzene rings is 1. The predicted molar refractivity (Wildman–Crippen MR) is 110 cm³/mol. The molecule has 0 unspecified atom stereocenters. The number of anilines is 1. The summed E-state index contributed by atoms with van der Waals surface area (Å²) in [5.41, 5.74) is 3.85. The molecule has 0 bridgehead atoms. The third-order valence-corrected chi connectivity index (χ3v) is 4.94. The molecule has 0 aliphatic carbocycles. The van der Waals surface area contributed by atoms with Crippen molar-refractivity contribution in [2.75, 3.05) is 11.3 Å². The molecule has 0 aliphatic rings. The van der Waals surface area contributed by atoms with Crippen molar-refractivity contribution >= 4 is 29.3 Å². The van der Waals surface area contributed by atoms with Crippen LogP contribution >= 0.6 is 11.9 Å². The number of carbonyl (C=O) groups is 1. The van der Waals surface area contributed by atoms with E-state index in [0.29, 0.717) is 17.9 Å². The highest BCUT2D eigenvalue weighted by atomic mass is 32.2. The quantitative estimate of drug-likeness (QED) is 0.380. The van der Waals surface area contributed by atoms with Crippen LogP contribution in [0.25, 0.3) is 16.8 Å². The fourth-order valence-electron chi connectivity index (χ4n) is 2.77. The van der Waals surface area contributed by atoms with Crippen LogP contribution in [0.15, 0.2) is 78.2 Å². The lowest BCUT2D eigenvalue weighted by atomic mass is 10.1. The van der Waals surface area contributed by atoms with Gasteiger partial charge in [-0.15, -0.1) is 0 Å². The Balaban J connectivity index is 1.61. The van der Waals surface area contributed by atoms with Gasteiger partial charge in [-0.1, -0.05) is 18.2 Å². The lowest BCUT2D eigenvalue weighted by Gasteiger charge is -2.08. The van der Waals surface area contributed by atoms with Crippen molar-refractivity contribution in [3.8, 4) is 11.1 Å². The van der Waals surface area contributed by atoms with Crippen LogP contribution in [-0.4, -0.2) is 26.9 Å². The lowest BCUT2D eigenvalue weighted by Crippen LogP contribution is -2.07. The summed E-state index contributed by atoms with van der Waals surface area (Å²) in [6.07, 6.45) is 6.98. The van der Waals surface area contributed by atoms with Gasteiger partial charge in [0.15, 0.2) is 5.69 Å². The van der Waals surface area contributed by atoms with E-state index in [1.54, 1.807) is 23.7 Å². The summed E-state index contributed by atoms with van der Waals surface area (Å²) in [5.74, 6) is -0.389. The van der Waals surface area contributed by atoms with E-state index in [2.05, 4.69) is 14.7 Å². The van der Waals surface area contributed by atoms with E-state index >= 15 is 0 Å². The van der Waals surface area contributed by atoms with Gasteiger partial charge < -0.3 is 9.46 Å². The van der Waals surface area contributed by atoms with Crippen molar-refractivity contribution in [1.82, 2.24) is 14.4 Å². The number of imidazole rings is 1. The Morgan fingerprint density at radius 2 is 1.96 bits per heavy atom. The number of esters is 1. The highest BCUT2D eigenvalue weighted by Gasteiger charge is 2.13. The molecule has 3 heterocycles. The number of hydrogen-bond donors (Lipinski definition) is 1. The molecule has 0 amide bonds. The van der Waals surface area contributed by atoms with Crippen LogP contribution in [0.3, 0.4) is 0 Å². The Morgan fingerprint density at radius 3 is 2.79 bits per heavy atom. The van der Waals surface area contributed by atoms with Crippen LogP contribution in [0, 0.1) is 0 Å². The van der Waals surface area contributed by atoms with Crippen molar-refractivity contribution in [2.45, 2.75) is 11.8 Å². The monoisotopic (exact) mass is 390 g/mol. The molecule has 0 saturated carbocycles. The Morgan fingerprint density at radius 1 is 1.11 bits per heavy atom.